The van der Waals surface area contributed by atoms with Crippen LogP contribution in [0, 0.1) is 0 Å². The molecule has 0 radical (unpaired) electrons. The van der Waals surface area contributed by atoms with Crippen LogP contribution < -0.4 is 5.32 Å². The molecule has 0 aliphatic carbocycles. The highest BCUT2D eigenvalue weighted by molar-refractivity contribution is 5.76. The van der Waals surface area contributed by atoms with Crippen LogP contribution in [0.3, 0.4) is 0 Å². The largest absolute Gasteiger partial charge is 0.394 e. The minimum absolute atomic E-state index is 0.136. The second-order valence-electron chi connectivity index (χ2n) is 19.5. The van der Waals surface area contributed by atoms with Gasteiger partial charge in [-0.05, 0) is 12.8 Å². The minimum Gasteiger partial charge on any atom is -0.394 e. The van der Waals surface area contributed by atoms with Crippen molar-refractivity contribution in [3.8, 4) is 0 Å². The van der Waals surface area contributed by atoms with E-state index in [0.29, 0.717) is 12.8 Å². The zero-order chi connectivity index (χ0) is 43.7. The van der Waals surface area contributed by atoms with E-state index in [1.54, 1.807) is 0 Å². The van der Waals surface area contributed by atoms with Gasteiger partial charge in [-0.15, -0.1) is 0 Å². The number of carbonyl (C=O) groups is 1. The molecule has 0 aromatic heterocycles. The Kier molecular flexibility index (Phi) is 50.4. The predicted octanol–water partition coefficient (Wildman–Crippen LogP) is 16.9. The molecule has 0 spiro atoms. The topological polar surface area (TPSA) is 89.8 Å². The van der Waals surface area contributed by atoms with Crippen molar-refractivity contribution in [2.75, 3.05) is 6.61 Å². The van der Waals surface area contributed by atoms with Gasteiger partial charge in [0.2, 0.25) is 5.91 Å². The van der Waals surface area contributed by atoms with Gasteiger partial charge in [-0.25, -0.2) is 0 Å². The summed E-state index contributed by atoms with van der Waals surface area (Å²) in [6.07, 6.45) is 61.1. The smallest absolute Gasteiger partial charge is 0.220 e. The van der Waals surface area contributed by atoms with Gasteiger partial charge < -0.3 is 20.6 Å². The number of hydrogen-bond acceptors (Lipinski definition) is 4. The van der Waals surface area contributed by atoms with E-state index in [-0.39, 0.29) is 12.5 Å². The van der Waals surface area contributed by atoms with Crippen molar-refractivity contribution in [3.63, 3.8) is 0 Å². The Labute approximate surface area is 377 Å². The molecular formula is C55H111NO4. The van der Waals surface area contributed by atoms with Gasteiger partial charge in [-0.1, -0.05) is 303 Å². The molecule has 0 heterocycles. The van der Waals surface area contributed by atoms with E-state index < -0.39 is 18.2 Å². The second kappa shape index (κ2) is 51.0. The highest BCUT2D eigenvalue weighted by Gasteiger charge is 2.26. The molecule has 5 nitrogen and oxygen atoms in total. The van der Waals surface area contributed by atoms with Crippen LogP contribution in [0.1, 0.15) is 322 Å². The van der Waals surface area contributed by atoms with Crippen molar-refractivity contribution >= 4 is 5.91 Å². The van der Waals surface area contributed by atoms with Crippen LogP contribution in [-0.2, 0) is 4.79 Å². The van der Waals surface area contributed by atoms with Gasteiger partial charge in [0.15, 0.2) is 0 Å². The number of hydrogen-bond donors (Lipinski definition) is 4. The van der Waals surface area contributed by atoms with Crippen LogP contribution in [-0.4, -0.2) is 46.1 Å². The molecule has 0 bridgehead atoms. The summed E-state index contributed by atoms with van der Waals surface area (Å²) < 4.78 is 0. The van der Waals surface area contributed by atoms with E-state index in [1.807, 2.05) is 0 Å². The fraction of sp³-hybridized carbons (Fsp3) is 0.982. The molecule has 360 valence electrons. The maximum absolute atomic E-state index is 12.5. The number of nitrogens with one attached hydrogen (secondary N) is 1. The Morgan fingerprint density at radius 2 is 0.567 bits per heavy atom. The first-order valence-electron chi connectivity index (χ1n) is 27.8. The maximum Gasteiger partial charge on any atom is 0.220 e. The molecule has 4 N–H and O–H groups in total. The van der Waals surface area contributed by atoms with E-state index in [9.17, 15) is 20.1 Å². The van der Waals surface area contributed by atoms with E-state index in [4.69, 9.17) is 0 Å². The van der Waals surface area contributed by atoms with E-state index in [1.165, 1.54) is 263 Å². The first-order valence-corrected chi connectivity index (χ1v) is 27.8. The van der Waals surface area contributed by atoms with Crippen LogP contribution in [0.15, 0.2) is 0 Å². The van der Waals surface area contributed by atoms with Gasteiger partial charge in [0, 0.05) is 6.42 Å². The van der Waals surface area contributed by atoms with Gasteiger partial charge in [0.1, 0.15) is 6.10 Å². The summed E-state index contributed by atoms with van der Waals surface area (Å²) in [5.74, 6) is -0.136. The molecule has 0 aromatic carbocycles. The summed E-state index contributed by atoms with van der Waals surface area (Å²) >= 11 is 0. The average Bonchev–Trinajstić information content (AvgIpc) is 3.25. The summed E-state index contributed by atoms with van der Waals surface area (Å²) in [6.45, 7) is 4.23. The van der Waals surface area contributed by atoms with Gasteiger partial charge in [0.25, 0.3) is 0 Å². The average molecular weight is 850 g/mol. The molecule has 0 aromatic rings. The number of aliphatic hydroxyl groups excluding tert-OH is 3. The zero-order valence-electron chi connectivity index (χ0n) is 41.1. The SMILES string of the molecule is CCCCCCCCCCCCCCCCCCCCCCCCCCCCCC(=O)NC(CO)C(O)C(O)CCCCCCCCCCCCCCCCCCCCC. The van der Waals surface area contributed by atoms with Gasteiger partial charge >= 0.3 is 0 Å². The predicted molar refractivity (Wildman–Crippen MR) is 264 cm³/mol. The van der Waals surface area contributed by atoms with Crippen molar-refractivity contribution in [2.24, 2.45) is 0 Å². The van der Waals surface area contributed by atoms with Crippen LogP contribution in [0.4, 0.5) is 0 Å². The normalized spacial score (nSPS) is 13.2. The minimum atomic E-state index is -1.13. The summed E-state index contributed by atoms with van der Waals surface area (Å²) in [4.78, 5) is 12.5. The molecule has 5 heteroatoms. The van der Waals surface area contributed by atoms with Gasteiger partial charge in [0.05, 0.1) is 18.8 Å². The standard InChI is InChI=1S/C55H111NO4/c1-3-5-7-9-11-13-15-17-19-21-23-24-25-26-27-28-29-30-32-34-36-38-40-42-44-46-48-50-54(59)56-52(51-57)55(60)53(58)49-47-45-43-41-39-37-35-33-31-22-20-18-16-14-12-10-8-6-4-2/h52-53,55,57-58,60H,3-51H2,1-2H3,(H,56,59). The number of unbranched alkanes of at least 4 members (excludes halogenated alkanes) is 44. The molecular weight excluding hydrogens is 739 g/mol. The van der Waals surface area contributed by atoms with Gasteiger partial charge in [-0.2, -0.15) is 0 Å². The molecule has 1 amide bonds. The van der Waals surface area contributed by atoms with Crippen LogP contribution >= 0.6 is 0 Å². The van der Waals surface area contributed by atoms with E-state index >= 15 is 0 Å². The maximum atomic E-state index is 12.5. The molecule has 0 saturated heterocycles. The molecule has 0 fully saturated rings. The Morgan fingerprint density at radius 3 is 0.800 bits per heavy atom. The van der Waals surface area contributed by atoms with Crippen LogP contribution in [0.5, 0.6) is 0 Å². The summed E-state index contributed by atoms with van der Waals surface area (Å²) in [5, 5.41) is 33.8. The summed E-state index contributed by atoms with van der Waals surface area (Å²) in [5.41, 5.74) is 0. The Morgan fingerprint density at radius 1 is 0.350 bits per heavy atom. The van der Waals surface area contributed by atoms with Crippen LogP contribution in [0.2, 0.25) is 0 Å². The Hall–Kier alpha value is -0.650. The number of rotatable bonds is 52. The molecule has 0 rings (SSSR count). The lowest BCUT2D eigenvalue weighted by Gasteiger charge is -2.26. The quantitative estimate of drug-likeness (QED) is 0.0459. The van der Waals surface area contributed by atoms with E-state index in [2.05, 4.69) is 19.2 Å². The van der Waals surface area contributed by atoms with Crippen LogP contribution in [0.25, 0.3) is 0 Å². The summed E-state index contributed by atoms with van der Waals surface area (Å²) in [7, 11) is 0. The van der Waals surface area contributed by atoms with Crippen molar-refractivity contribution < 1.29 is 20.1 Å². The van der Waals surface area contributed by atoms with E-state index in [0.717, 1.165) is 32.1 Å². The number of aliphatic hydroxyl groups is 3. The lowest BCUT2D eigenvalue weighted by Crippen LogP contribution is -2.50. The number of amides is 1. The fourth-order valence-electron chi connectivity index (χ4n) is 9.17. The van der Waals surface area contributed by atoms with Gasteiger partial charge in [-0.3, -0.25) is 4.79 Å². The van der Waals surface area contributed by atoms with Crippen molar-refractivity contribution in [2.45, 2.75) is 340 Å². The van der Waals surface area contributed by atoms with Crippen molar-refractivity contribution in [1.29, 1.82) is 0 Å². The lowest BCUT2D eigenvalue weighted by molar-refractivity contribution is -0.124. The molecule has 60 heavy (non-hydrogen) atoms. The second-order valence-corrected chi connectivity index (χ2v) is 19.5. The third-order valence-electron chi connectivity index (χ3n) is 13.5. The van der Waals surface area contributed by atoms with Crippen molar-refractivity contribution in [1.82, 2.24) is 5.32 Å². The third-order valence-corrected chi connectivity index (χ3v) is 13.5. The third kappa shape index (κ3) is 45.4. The fourth-order valence-corrected chi connectivity index (χ4v) is 9.17. The lowest BCUT2D eigenvalue weighted by atomic mass is 9.99. The highest BCUT2D eigenvalue weighted by atomic mass is 16.3. The summed E-state index contributed by atoms with van der Waals surface area (Å²) in [6, 6.07) is -0.804. The number of carbonyl (C=O) groups excluding carboxylic acids is 1. The first kappa shape index (κ1) is 59.4. The Balaban J connectivity index is 3.48. The first-order chi connectivity index (χ1) is 29.6. The molecule has 3 atom stereocenters. The molecule has 0 aliphatic heterocycles. The zero-order valence-corrected chi connectivity index (χ0v) is 41.1. The monoisotopic (exact) mass is 850 g/mol. The molecule has 0 saturated carbocycles. The van der Waals surface area contributed by atoms with Crippen molar-refractivity contribution in [3.05, 3.63) is 0 Å². The Bertz CT molecular complexity index is 807. The molecule has 0 aliphatic rings. The molecule has 3 unspecified atom stereocenters. The highest BCUT2D eigenvalue weighted by Crippen LogP contribution is 2.19.